The molecule has 2 aromatic rings. The number of thiophene rings is 1. The SMILES string of the molecule is CCC(NCc1ccc(C)s1)c1ccc(OC)c(OC)c1. The van der Waals surface area contributed by atoms with Crippen LogP contribution in [0.1, 0.15) is 34.7 Å². The highest BCUT2D eigenvalue weighted by molar-refractivity contribution is 7.11. The molecular weight excluding hydrogens is 282 g/mol. The molecule has 0 saturated carbocycles. The van der Waals surface area contributed by atoms with E-state index in [-0.39, 0.29) is 0 Å². The molecule has 0 aliphatic rings. The van der Waals surface area contributed by atoms with Crippen molar-refractivity contribution in [1.29, 1.82) is 0 Å². The third-order valence-corrected chi connectivity index (χ3v) is 4.54. The van der Waals surface area contributed by atoms with Gasteiger partial charge in [-0.15, -0.1) is 11.3 Å². The molecule has 1 atom stereocenters. The molecule has 0 amide bonds. The average molecular weight is 305 g/mol. The maximum absolute atomic E-state index is 5.39. The molecule has 0 bridgehead atoms. The highest BCUT2D eigenvalue weighted by Crippen LogP contribution is 2.31. The third-order valence-electron chi connectivity index (χ3n) is 3.54. The molecule has 1 aromatic heterocycles. The first-order chi connectivity index (χ1) is 10.2. The van der Waals surface area contributed by atoms with Gasteiger partial charge in [0.2, 0.25) is 0 Å². The summed E-state index contributed by atoms with van der Waals surface area (Å²) in [6.07, 6.45) is 1.03. The molecule has 21 heavy (non-hydrogen) atoms. The van der Waals surface area contributed by atoms with Crippen LogP contribution in [0.4, 0.5) is 0 Å². The van der Waals surface area contributed by atoms with Crippen molar-refractivity contribution in [1.82, 2.24) is 5.32 Å². The molecular formula is C17H23NO2S. The summed E-state index contributed by atoms with van der Waals surface area (Å²) in [5.41, 5.74) is 1.23. The van der Waals surface area contributed by atoms with Crippen molar-refractivity contribution in [3.8, 4) is 11.5 Å². The zero-order valence-electron chi connectivity index (χ0n) is 13.1. The highest BCUT2D eigenvalue weighted by Gasteiger charge is 2.12. The van der Waals surface area contributed by atoms with Gasteiger partial charge in [-0.3, -0.25) is 0 Å². The van der Waals surface area contributed by atoms with Gasteiger partial charge in [0.25, 0.3) is 0 Å². The second kappa shape index (κ2) is 7.48. The number of aryl methyl sites for hydroxylation is 1. The smallest absolute Gasteiger partial charge is 0.161 e. The lowest BCUT2D eigenvalue weighted by molar-refractivity contribution is 0.353. The summed E-state index contributed by atoms with van der Waals surface area (Å²) < 4.78 is 10.7. The van der Waals surface area contributed by atoms with Crippen LogP contribution in [0.5, 0.6) is 11.5 Å². The molecule has 2 rings (SSSR count). The minimum Gasteiger partial charge on any atom is -0.493 e. The van der Waals surface area contributed by atoms with Gasteiger partial charge in [0.1, 0.15) is 0 Å². The van der Waals surface area contributed by atoms with Crippen molar-refractivity contribution in [3.63, 3.8) is 0 Å². The number of hydrogen-bond acceptors (Lipinski definition) is 4. The Balaban J connectivity index is 2.09. The Kier molecular flexibility index (Phi) is 5.65. The largest absolute Gasteiger partial charge is 0.493 e. The van der Waals surface area contributed by atoms with E-state index in [1.165, 1.54) is 15.3 Å². The van der Waals surface area contributed by atoms with Crippen molar-refractivity contribution in [3.05, 3.63) is 45.6 Å². The maximum Gasteiger partial charge on any atom is 0.161 e. The standard InChI is InChI=1S/C17H23NO2S/c1-5-15(18-11-14-8-6-12(2)21-14)13-7-9-16(19-3)17(10-13)20-4/h6-10,15,18H,5,11H2,1-4H3. The molecule has 4 heteroatoms. The van der Waals surface area contributed by atoms with Crippen molar-refractivity contribution >= 4 is 11.3 Å². The lowest BCUT2D eigenvalue weighted by Gasteiger charge is -2.18. The van der Waals surface area contributed by atoms with Crippen LogP contribution in [0, 0.1) is 6.92 Å². The molecule has 0 fully saturated rings. The van der Waals surface area contributed by atoms with E-state index < -0.39 is 0 Å². The van der Waals surface area contributed by atoms with E-state index >= 15 is 0 Å². The molecule has 1 aromatic carbocycles. The van der Waals surface area contributed by atoms with Gasteiger partial charge in [-0.2, -0.15) is 0 Å². The Bertz CT molecular complexity index is 580. The van der Waals surface area contributed by atoms with Crippen LogP contribution in [-0.2, 0) is 6.54 Å². The van der Waals surface area contributed by atoms with Gasteiger partial charge in [-0.1, -0.05) is 13.0 Å². The molecule has 114 valence electrons. The first kappa shape index (κ1) is 15.9. The van der Waals surface area contributed by atoms with Gasteiger partial charge in [-0.25, -0.2) is 0 Å². The Hall–Kier alpha value is -1.52. The Labute approximate surface area is 130 Å². The van der Waals surface area contributed by atoms with Gasteiger partial charge < -0.3 is 14.8 Å². The average Bonchev–Trinajstić information content (AvgIpc) is 2.93. The minimum absolute atomic E-state index is 0.312. The lowest BCUT2D eigenvalue weighted by Crippen LogP contribution is -2.19. The van der Waals surface area contributed by atoms with Gasteiger partial charge in [0.15, 0.2) is 11.5 Å². The second-order valence-electron chi connectivity index (χ2n) is 4.97. The van der Waals surface area contributed by atoms with Crippen LogP contribution < -0.4 is 14.8 Å². The fraction of sp³-hybridized carbons (Fsp3) is 0.412. The minimum atomic E-state index is 0.312. The van der Waals surface area contributed by atoms with Gasteiger partial charge in [-0.05, 0) is 43.2 Å². The first-order valence-corrected chi connectivity index (χ1v) is 8.00. The van der Waals surface area contributed by atoms with E-state index in [2.05, 4.69) is 43.4 Å². The summed E-state index contributed by atoms with van der Waals surface area (Å²) in [4.78, 5) is 2.72. The summed E-state index contributed by atoms with van der Waals surface area (Å²) in [5, 5.41) is 3.62. The van der Waals surface area contributed by atoms with Crippen molar-refractivity contribution < 1.29 is 9.47 Å². The Morgan fingerprint density at radius 3 is 2.43 bits per heavy atom. The zero-order chi connectivity index (χ0) is 15.2. The molecule has 0 aliphatic heterocycles. The molecule has 0 radical (unpaired) electrons. The maximum atomic E-state index is 5.39. The van der Waals surface area contributed by atoms with Crippen LogP contribution in [0.15, 0.2) is 30.3 Å². The van der Waals surface area contributed by atoms with E-state index in [1.807, 2.05) is 17.4 Å². The van der Waals surface area contributed by atoms with Crippen LogP contribution in [-0.4, -0.2) is 14.2 Å². The van der Waals surface area contributed by atoms with Gasteiger partial charge in [0, 0.05) is 22.3 Å². The first-order valence-electron chi connectivity index (χ1n) is 7.18. The summed E-state index contributed by atoms with van der Waals surface area (Å²) in [6.45, 7) is 5.22. The monoisotopic (exact) mass is 305 g/mol. The molecule has 1 unspecified atom stereocenters. The molecule has 0 saturated heterocycles. The quantitative estimate of drug-likeness (QED) is 0.826. The predicted molar refractivity (Wildman–Crippen MR) is 88.5 cm³/mol. The van der Waals surface area contributed by atoms with Gasteiger partial charge >= 0.3 is 0 Å². The molecule has 1 heterocycles. The van der Waals surface area contributed by atoms with E-state index in [1.54, 1.807) is 14.2 Å². The van der Waals surface area contributed by atoms with Crippen molar-refractivity contribution in [2.45, 2.75) is 32.9 Å². The molecule has 3 nitrogen and oxygen atoms in total. The summed E-state index contributed by atoms with van der Waals surface area (Å²) >= 11 is 1.84. The van der Waals surface area contributed by atoms with E-state index in [0.29, 0.717) is 6.04 Å². The number of benzene rings is 1. The van der Waals surface area contributed by atoms with E-state index in [4.69, 9.17) is 9.47 Å². The number of ether oxygens (including phenoxy) is 2. The van der Waals surface area contributed by atoms with Crippen LogP contribution in [0.2, 0.25) is 0 Å². The highest BCUT2D eigenvalue weighted by atomic mass is 32.1. The number of methoxy groups -OCH3 is 2. The summed E-state index contributed by atoms with van der Waals surface area (Å²) in [5.74, 6) is 1.55. The van der Waals surface area contributed by atoms with Gasteiger partial charge in [0.05, 0.1) is 14.2 Å². The van der Waals surface area contributed by atoms with E-state index in [0.717, 1.165) is 24.5 Å². The van der Waals surface area contributed by atoms with Crippen LogP contribution in [0.3, 0.4) is 0 Å². The Morgan fingerprint density at radius 1 is 1.10 bits per heavy atom. The summed E-state index contributed by atoms with van der Waals surface area (Å²) in [7, 11) is 3.33. The number of hydrogen-bond donors (Lipinski definition) is 1. The lowest BCUT2D eigenvalue weighted by atomic mass is 10.0. The number of rotatable bonds is 7. The molecule has 1 N–H and O–H groups in total. The summed E-state index contributed by atoms with van der Waals surface area (Å²) in [6, 6.07) is 10.8. The van der Waals surface area contributed by atoms with Crippen LogP contribution >= 0.6 is 11.3 Å². The fourth-order valence-electron chi connectivity index (χ4n) is 2.37. The number of nitrogens with one attached hydrogen (secondary N) is 1. The molecule has 0 aliphatic carbocycles. The van der Waals surface area contributed by atoms with Crippen molar-refractivity contribution in [2.75, 3.05) is 14.2 Å². The Morgan fingerprint density at radius 2 is 1.86 bits per heavy atom. The molecule has 0 spiro atoms. The topological polar surface area (TPSA) is 30.5 Å². The predicted octanol–water partition coefficient (Wildman–Crippen LogP) is 4.31. The zero-order valence-corrected chi connectivity index (χ0v) is 13.9. The van der Waals surface area contributed by atoms with E-state index in [9.17, 15) is 0 Å². The second-order valence-corrected chi connectivity index (χ2v) is 6.34. The van der Waals surface area contributed by atoms with Crippen LogP contribution in [0.25, 0.3) is 0 Å². The normalized spacial score (nSPS) is 12.2. The third kappa shape index (κ3) is 3.99. The van der Waals surface area contributed by atoms with Crippen molar-refractivity contribution in [2.24, 2.45) is 0 Å². The fourth-order valence-corrected chi connectivity index (χ4v) is 3.21.